The molecule has 1 N–H and O–H groups in total. The molecule has 1 aliphatic rings. The molecule has 2 unspecified atom stereocenters. The van der Waals surface area contributed by atoms with E-state index >= 15 is 0 Å². The number of benzene rings is 1. The summed E-state index contributed by atoms with van der Waals surface area (Å²) >= 11 is 6.07. The summed E-state index contributed by atoms with van der Waals surface area (Å²) in [5, 5.41) is 3.70. The van der Waals surface area contributed by atoms with Crippen LogP contribution in [0.1, 0.15) is 44.1 Å². The molecular weight excluding hydrogens is 256 g/mol. The molecule has 1 saturated carbocycles. The molecule has 1 aromatic rings. The monoisotopic (exact) mass is 273 g/mol. The summed E-state index contributed by atoms with van der Waals surface area (Å²) < 4.78 is 27.3. The Kier molecular flexibility index (Phi) is 4.57. The first-order valence-corrected chi connectivity index (χ1v) is 6.89. The predicted molar refractivity (Wildman–Crippen MR) is 70.0 cm³/mol. The Bertz CT molecular complexity index is 421. The van der Waals surface area contributed by atoms with Gasteiger partial charge in [-0.25, -0.2) is 8.78 Å². The summed E-state index contributed by atoms with van der Waals surface area (Å²) in [4.78, 5) is 0. The first kappa shape index (κ1) is 13.8. The van der Waals surface area contributed by atoms with Crippen molar-refractivity contribution in [2.45, 2.75) is 44.6 Å². The van der Waals surface area contributed by atoms with E-state index in [1.807, 2.05) is 6.92 Å². The predicted octanol–water partition coefficient (Wildman–Crippen LogP) is 4.25. The number of halogens is 3. The van der Waals surface area contributed by atoms with Crippen molar-refractivity contribution >= 4 is 11.6 Å². The molecule has 1 aromatic carbocycles. The first-order chi connectivity index (χ1) is 8.65. The molecule has 2 atom stereocenters. The lowest BCUT2D eigenvalue weighted by atomic mass is 9.79. The van der Waals surface area contributed by atoms with Gasteiger partial charge in [0.1, 0.15) is 0 Å². The summed E-state index contributed by atoms with van der Waals surface area (Å²) in [7, 11) is 0. The highest BCUT2D eigenvalue weighted by atomic mass is 35.5. The molecular formula is C14H18ClF2N. The summed E-state index contributed by atoms with van der Waals surface area (Å²) in [5.74, 6) is -1.62. The van der Waals surface area contributed by atoms with Crippen molar-refractivity contribution in [1.29, 1.82) is 0 Å². The molecule has 0 aromatic heterocycles. The fourth-order valence-corrected chi connectivity index (χ4v) is 3.15. The molecule has 0 saturated heterocycles. The Balaban J connectivity index is 2.36. The van der Waals surface area contributed by atoms with Crippen LogP contribution in [0, 0.1) is 11.6 Å². The smallest absolute Gasteiger partial charge is 0.163 e. The van der Waals surface area contributed by atoms with E-state index in [1.54, 1.807) is 0 Å². The van der Waals surface area contributed by atoms with Crippen LogP contribution >= 0.6 is 11.6 Å². The Morgan fingerprint density at radius 2 is 2.00 bits per heavy atom. The maximum atomic E-state index is 14.0. The van der Waals surface area contributed by atoms with E-state index in [9.17, 15) is 8.78 Å². The average molecular weight is 274 g/mol. The third-order valence-corrected chi connectivity index (χ3v) is 4.01. The van der Waals surface area contributed by atoms with E-state index in [0.29, 0.717) is 10.6 Å². The van der Waals surface area contributed by atoms with Crippen LogP contribution in [-0.2, 0) is 0 Å². The summed E-state index contributed by atoms with van der Waals surface area (Å²) in [6, 6.07) is 2.73. The fraction of sp³-hybridized carbons (Fsp3) is 0.571. The number of rotatable bonds is 3. The number of hydrogen-bond acceptors (Lipinski definition) is 1. The van der Waals surface area contributed by atoms with Gasteiger partial charge in [-0.1, -0.05) is 31.4 Å². The van der Waals surface area contributed by atoms with Gasteiger partial charge in [0.05, 0.1) is 0 Å². The third kappa shape index (κ3) is 2.67. The highest BCUT2D eigenvalue weighted by molar-refractivity contribution is 6.31. The third-order valence-electron chi connectivity index (χ3n) is 3.68. The molecule has 0 radical (unpaired) electrons. The van der Waals surface area contributed by atoms with Crippen LogP contribution in [-0.4, -0.2) is 12.6 Å². The fourth-order valence-electron chi connectivity index (χ4n) is 2.87. The molecule has 0 aliphatic heterocycles. The molecule has 100 valence electrons. The van der Waals surface area contributed by atoms with Gasteiger partial charge in [-0.3, -0.25) is 0 Å². The standard InChI is InChI=1S/C14H18ClF2N/c1-2-18-12-6-4-3-5-9(12)13-10(15)7-8-11(16)14(13)17/h7-9,12,18H,2-6H2,1H3. The molecule has 0 spiro atoms. The molecule has 1 aliphatic carbocycles. The molecule has 1 nitrogen and oxygen atoms in total. The molecule has 2 rings (SSSR count). The zero-order valence-electron chi connectivity index (χ0n) is 10.5. The van der Waals surface area contributed by atoms with Gasteiger partial charge < -0.3 is 5.32 Å². The van der Waals surface area contributed by atoms with Crippen LogP contribution in [0.5, 0.6) is 0 Å². The Morgan fingerprint density at radius 3 is 2.72 bits per heavy atom. The Labute approximate surface area is 112 Å². The minimum atomic E-state index is -0.810. The van der Waals surface area contributed by atoms with Gasteiger partial charge in [0.2, 0.25) is 0 Å². The Morgan fingerprint density at radius 1 is 1.28 bits per heavy atom. The van der Waals surface area contributed by atoms with E-state index in [0.717, 1.165) is 38.3 Å². The van der Waals surface area contributed by atoms with E-state index in [2.05, 4.69) is 5.32 Å². The second-order valence-electron chi connectivity index (χ2n) is 4.81. The van der Waals surface area contributed by atoms with E-state index < -0.39 is 11.6 Å². The van der Waals surface area contributed by atoms with Gasteiger partial charge in [-0.15, -0.1) is 0 Å². The number of likely N-dealkylation sites (N-methyl/N-ethyl adjacent to an activating group) is 1. The number of nitrogens with one attached hydrogen (secondary N) is 1. The lowest BCUT2D eigenvalue weighted by Gasteiger charge is -2.33. The van der Waals surface area contributed by atoms with Crippen molar-refractivity contribution in [3.05, 3.63) is 34.4 Å². The topological polar surface area (TPSA) is 12.0 Å². The van der Waals surface area contributed by atoms with Crippen LogP contribution in [0.4, 0.5) is 8.78 Å². The minimum Gasteiger partial charge on any atom is -0.314 e. The van der Waals surface area contributed by atoms with Gasteiger partial charge in [-0.05, 0) is 31.5 Å². The lowest BCUT2D eigenvalue weighted by molar-refractivity contribution is 0.323. The summed E-state index contributed by atoms with van der Waals surface area (Å²) in [6.07, 6.45) is 4.02. The van der Waals surface area contributed by atoms with E-state index in [4.69, 9.17) is 11.6 Å². The second kappa shape index (κ2) is 5.98. The maximum absolute atomic E-state index is 14.0. The molecule has 1 fully saturated rings. The van der Waals surface area contributed by atoms with Crippen molar-refractivity contribution in [2.24, 2.45) is 0 Å². The van der Waals surface area contributed by atoms with Crippen molar-refractivity contribution < 1.29 is 8.78 Å². The van der Waals surface area contributed by atoms with Gasteiger partial charge in [0.25, 0.3) is 0 Å². The minimum absolute atomic E-state index is 0.0260. The Hall–Kier alpha value is -0.670. The largest absolute Gasteiger partial charge is 0.314 e. The quantitative estimate of drug-likeness (QED) is 0.812. The van der Waals surface area contributed by atoms with Crippen LogP contribution < -0.4 is 5.32 Å². The van der Waals surface area contributed by atoms with Crippen molar-refractivity contribution in [3.63, 3.8) is 0 Å². The molecule has 0 heterocycles. The molecule has 18 heavy (non-hydrogen) atoms. The summed E-state index contributed by atoms with van der Waals surface area (Å²) in [6.45, 7) is 2.85. The highest BCUT2D eigenvalue weighted by Gasteiger charge is 2.30. The van der Waals surface area contributed by atoms with Gasteiger partial charge in [-0.2, -0.15) is 0 Å². The zero-order valence-corrected chi connectivity index (χ0v) is 11.2. The van der Waals surface area contributed by atoms with E-state index in [-0.39, 0.29) is 12.0 Å². The average Bonchev–Trinajstić information content (AvgIpc) is 2.37. The maximum Gasteiger partial charge on any atom is 0.163 e. The first-order valence-electron chi connectivity index (χ1n) is 6.52. The van der Waals surface area contributed by atoms with Gasteiger partial charge in [0, 0.05) is 22.5 Å². The highest BCUT2D eigenvalue weighted by Crippen LogP contribution is 2.38. The van der Waals surface area contributed by atoms with Crippen LogP contribution in [0.15, 0.2) is 12.1 Å². The molecule has 0 amide bonds. The van der Waals surface area contributed by atoms with Crippen LogP contribution in [0.2, 0.25) is 5.02 Å². The number of hydrogen-bond donors (Lipinski definition) is 1. The van der Waals surface area contributed by atoms with Crippen molar-refractivity contribution in [1.82, 2.24) is 5.32 Å². The van der Waals surface area contributed by atoms with Gasteiger partial charge in [0.15, 0.2) is 11.6 Å². The summed E-state index contributed by atoms with van der Waals surface area (Å²) in [5.41, 5.74) is 0.349. The van der Waals surface area contributed by atoms with Crippen LogP contribution in [0.25, 0.3) is 0 Å². The van der Waals surface area contributed by atoms with E-state index in [1.165, 1.54) is 6.07 Å². The van der Waals surface area contributed by atoms with Crippen LogP contribution in [0.3, 0.4) is 0 Å². The normalized spacial score (nSPS) is 24.2. The SMILES string of the molecule is CCNC1CCCCC1c1c(Cl)ccc(F)c1F. The second-order valence-corrected chi connectivity index (χ2v) is 5.22. The zero-order chi connectivity index (χ0) is 13.1. The molecule has 0 bridgehead atoms. The van der Waals surface area contributed by atoms with Crippen molar-refractivity contribution in [2.75, 3.05) is 6.54 Å². The van der Waals surface area contributed by atoms with Gasteiger partial charge >= 0.3 is 0 Å². The van der Waals surface area contributed by atoms with Crippen molar-refractivity contribution in [3.8, 4) is 0 Å². The lowest BCUT2D eigenvalue weighted by Crippen LogP contribution is -2.37. The molecule has 4 heteroatoms.